The van der Waals surface area contributed by atoms with Gasteiger partial charge < -0.3 is 14.5 Å². The van der Waals surface area contributed by atoms with Gasteiger partial charge in [-0.15, -0.1) is 0 Å². The Morgan fingerprint density at radius 1 is 1.15 bits per heavy atom. The van der Waals surface area contributed by atoms with Crippen LogP contribution in [0.5, 0.6) is 0 Å². The molecule has 5 heteroatoms. The normalized spacial score (nSPS) is 18.2. The van der Waals surface area contributed by atoms with Crippen LogP contribution < -0.4 is 9.80 Å². The van der Waals surface area contributed by atoms with Crippen molar-refractivity contribution < 1.29 is 9.53 Å². The van der Waals surface area contributed by atoms with E-state index in [2.05, 4.69) is 96.2 Å². The second kappa shape index (κ2) is 11.5. The summed E-state index contributed by atoms with van der Waals surface area (Å²) >= 11 is 4.16. The summed E-state index contributed by atoms with van der Waals surface area (Å²) in [5, 5.41) is 0. The highest BCUT2D eigenvalue weighted by Crippen LogP contribution is 2.31. The smallest absolute Gasteiger partial charge is 0.305 e. The molecule has 1 saturated heterocycles. The average Bonchev–Trinajstić information content (AvgIpc) is 2.86. The Balaban J connectivity index is 1.34. The number of carbonyl (C=O) groups excluding carboxylic acids is 1. The SMILES string of the molecule is CN1CC=C(/C=C/c2ccc(N3CCCC(COC(=O)CCCS)C3)cc2)c2ccccc21. The second-order valence-electron chi connectivity index (χ2n) is 8.95. The van der Waals surface area contributed by atoms with Crippen molar-refractivity contribution in [2.24, 2.45) is 5.92 Å². The Kier molecular flexibility index (Phi) is 8.16. The number of ether oxygens (including phenoxy) is 1. The van der Waals surface area contributed by atoms with Crippen molar-refractivity contribution in [2.45, 2.75) is 25.7 Å². The Morgan fingerprint density at radius 3 is 2.79 bits per heavy atom. The highest BCUT2D eigenvalue weighted by molar-refractivity contribution is 7.80. The maximum atomic E-state index is 11.8. The van der Waals surface area contributed by atoms with Crippen molar-refractivity contribution in [2.75, 3.05) is 48.8 Å². The quantitative estimate of drug-likeness (QED) is 0.403. The van der Waals surface area contributed by atoms with Crippen LogP contribution in [0.25, 0.3) is 11.6 Å². The molecule has 2 aromatic carbocycles. The number of benzene rings is 2. The number of piperidine rings is 1. The van der Waals surface area contributed by atoms with Crippen LogP contribution in [0.3, 0.4) is 0 Å². The monoisotopic (exact) mass is 462 g/mol. The fourth-order valence-electron chi connectivity index (χ4n) is 4.58. The average molecular weight is 463 g/mol. The summed E-state index contributed by atoms with van der Waals surface area (Å²) in [6, 6.07) is 17.4. The van der Waals surface area contributed by atoms with Gasteiger partial charge in [-0.2, -0.15) is 12.6 Å². The molecule has 2 aliphatic heterocycles. The van der Waals surface area contributed by atoms with Crippen LogP contribution in [0.2, 0.25) is 0 Å². The summed E-state index contributed by atoms with van der Waals surface area (Å²) in [5.74, 6) is 1.02. The van der Waals surface area contributed by atoms with Crippen LogP contribution >= 0.6 is 12.6 Å². The van der Waals surface area contributed by atoms with Crippen molar-refractivity contribution in [3.63, 3.8) is 0 Å². The summed E-state index contributed by atoms with van der Waals surface area (Å²) in [7, 11) is 2.13. The molecule has 33 heavy (non-hydrogen) atoms. The molecular weight excluding hydrogens is 428 g/mol. The summed E-state index contributed by atoms with van der Waals surface area (Å²) in [4.78, 5) is 16.5. The minimum Gasteiger partial charge on any atom is -0.465 e. The number of hydrogen-bond acceptors (Lipinski definition) is 5. The minimum atomic E-state index is -0.0975. The summed E-state index contributed by atoms with van der Waals surface area (Å²) in [6.07, 6.45) is 10.2. The van der Waals surface area contributed by atoms with Gasteiger partial charge in [0.2, 0.25) is 0 Å². The molecule has 0 aromatic heterocycles. The lowest BCUT2D eigenvalue weighted by Gasteiger charge is -2.34. The van der Waals surface area contributed by atoms with E-state index in [4.69, 9.17) is 4.74 Å². The van der Waals surface area contributed by atoms with Crippen molar-refractivity contribution in [3.05, 3.63) is 71.8 Å². The fraction of sp³-hybridized carbons (Fsp3) is 0.393. The Bertz CT molecular complexity index is 999. The lowest BCUT2D eigenvalue weighted by molar-refractivity contribution is -0.145. The van der Waals surface area contributed by atoms with Crippen molar-refractivity contribution in [3.8, 4) is 0 Å². The molecule has 0 radical (unpaired) electrons. The third-order valence-corrected chi connectivity index (χ3v) is 6.78. The minimum absolute atomic E-state index is 0.0975. The number of hydrogen-bond donors (Lipinski definition) is 1. The molecular formula is C28H34N2O2S. The van der Waals surface area contributed by atoms with Crippen molar-refractivity contribution >= 4 is 41.6 Å². The number of thiol groups is 1. The molecule has 2 heterocycles. The number of allylic oxidation sites excluding steroid dienone is 2. The van der Waals surface area contributed by atoms with E-state index in [-0.39, 0.29) is 5.97 Å². The third kappa shape index (κ3) is 6.23. The molecule has 1 unspecified atom stereocenters. The standard InChI is InChI=1S/C28H34N2O2S/c1-29-18-16-24(26-7-2-3-8-27(26)29)13-10-22-11-14-25(15-12-22)30-17-4-6-23(20-30)21-32-28(31)9-5-19-33/h2-3,7-8,10-16,23,33H,4-6,9,17-21H2,1H3/b13-10+. The topological polar surface area (TPSA) is 32.8 Å². The number of esters is 1. The van der Waals surface area contributed by atoms with Crippen molar-refractivity contribution in [1.82, 2.24) is 0 Å². The Hall–Kier alpha value is -2.66. The van der Waals surface area contributed by atoms with Gasteiger partial charge in [-0.1, -0.05) is 48.6 Å². The first-order valence-corrected chi connectivity index (χ1v) is 12.6. The van der Waals surface area contributed by atoms with E-state index < -0.39 is 0 Å². The van der Waals surface area contributed by atoms with Crippen LogP contribution in [0.15, 0.2) is 60.7 Å². The van der Waals surface area contributed by atoms with Gasteiger partial charge in [0.1, 0.15) is 0 Å². The van der Waals surface area contributed by atoms with Crippen LogP contribution in [-0.2, 0) is 9.53 Å². The zero-order valence-electron chi connectivity index (χ0n) is 19.5. The predicted molar refractivity (Wildman–Crippen MR) is 142 cm³/mol. The molecule has 2 aliphatic rings. The first-order valence-electron chi connectivity index (χ1n) is 11.9. The highest BCUT2D eigenvalue weighted by Gasteiger charge is 2.21. The molecule has 2 aromatic rings. The number of anilines is 2. The van der Waals surface area contributed by atoms with E-state index in [1.54, 1.807) is 0 Å². The molecule has 0 spiro atoms. The second-order valence-corrected chi connectivity index (χ2v) is 9.39. The molecule has 0 bridgehead atoms. The van der Waals surface area contributed by atoms with E-state index in [1.165, 1.54) is 28.1 Å². The molecule has 0 amide bonds. The van der Waals surface area contributed by atoms with Gasteiger partial charge in [0.15, 0.2) is 0 Å². The van der Waals surface area contributed by atoms with E-state index in [0.29, 0.717) is 18.9 Å². The number of nitrogens with zero attached hydrogens (tertiary/aromatic N) is 2. The molecule has 4 rings (SSSR count). The number of fused-ring (bicyclic) bond motifs is 1. The molecule has 0 aliphatic carbocycles. The highest BCUT2D eigenvalue weighted by atomic mass is 32.1. The Labute approximate surface area is 203 Å². The van der Waals surface area contributed by atoms with Crippen LogP contribution in [0.4, 0.5) is 11.4 Å². The number of para-hydroxylation sites is 1. The van der Waals surface area contributed by atoms with Crippen LogP contribution in [0, 0.1) is 5.92 Å². The largest absolute Gasteiger partial charge is 0.465 e. The van der Waals surface area contributed by atoms with Crippen molar-refractivity contribution in [1.29, 1.82) is 0 Å². The lowest BCUT2D eigenvalue weighted by Crippen LogP contribution is -2.37. The van der Waals surface area contributed by atoms with Gasteiger partial charge in [-0.25, -0.2) is 0 Å². The van der Waals surface area contributed by atoms with E-state index >= 15 is 0 Å². The maximum absolute atomic E-state index is 11.8. The van der Waals surface area contributed by atoms with E-state index in [0.717, 1.165) is 44.6 Å². The van der Waals surface area contributed by atoms with Gasteiger partial charge >= 0.3 is 5.97 Å². The first kappa shape index (κ1) is 23.5. The fourth-order valence-corrected chi connectivity index (χ4v) is 4.73. The summed E-state index contributed by atoms with van der Waals surface area (Å²) in [6.45, 7) is 3.44. The molecule has 4 nitrogen and oxygen atoms in total. The van der Waals surface area contributed by atoms with E-state index in [9.17, 15) is 4.79 Å². The van der Waals surface area contributed by atoms with Crippen LogP contribution in [-0.4, -0.2) is 45.0 Å². The maximum Gasteiger partial charge on any atom is 0.305 e. The third-order valence-electron chi connectivity index (χ3n) is 6.46. The molecule has 0 N–H and O–H groups in total. The molecule has 0 saturated carbocycles. The summed E-state index contributed by atoms with van der Waals surface area (Å²) < 4.78 is 5.49. The zero-order valence-corrected chi connectivity index (χ0v) is 20.3. The molecule has 1 atom stereocenters. The first-order chi connectivity index (χ1) is 16.1. The Morgan fingerprint density at radius 2 is 1.97 bits per heavy atom. The number of rotatable bonds is 8. The van der Waals surface area contributed by atoms with Crippen LogP contribution in [0.1, 0.15) is 36.8 Å². The van der Waals surface area contributed by atoms with E-state index in [1.807, 2.05) is 0 Å². The molecule has 1 fully saturated rings. The van der Waals surface area contributed by atoms with Gasteiger partial charge in [0.05, 0.1) is 6.61 Å². The lowest BCUT2D eigenvalue weighted by atomic mass is 9.97. The predicted octanol–water partition coefficient (Wildman–Crippen LogP) is 5.70. The zero-order chi connectivity index (χ0) is 23.0. The number of likely N-dealkylation sites (N-methyl/N-ethyl adjacent to an activating group) is 1. The van der Waals surface area contributed by atoms with Gasteiger partial charge in [0.25, 0.3) is 0 Å². The van der Waals surface area contributed by atoms with Gasteiger partial charge in [0, 0.05) is 56.0 Å². The van der Waals surface area contributed by atoms with Gasteiger partial charge in [-0.05, 0) is 54.4 Å². The summed E-state index contributed by atoms with van der Waals surface area (Å²) in [5.41, 5.74) is 6.27. The molecule has 174 valence electrons. The number of carbonyl (C=O) groups is 1. The van der Waals surface area contributed by atoms with Gasteiger partial charge in [-0.3, -0.25) is 4.79 Å².